The highest BCUT2D eigenvalue weighted by Crippen LogP contribution is 2.35. The van der Waals surface area contributed by atoms with Crippen LogP contribution in [0, 0.1) is 6.92 Å². The highest BCUT2D eigenvalue weighted by atomic mass is 32.1. The second-order valence-corrected chi connectivity index (χ2v) is 7.76. The molecule has 0 radical (unpaired) electrons. The number of hydrogen-bond donors (Lipinski definition) is 1. The van der Waals surface area contributed by atoms with E-state index >= 15 is 0 Å². The first-order valence-corrected chi connectivity index (χ1v) is 9.87. The highest BCUT2D eigenvalue weighted by molar-refractivity contribution is 7.59. The summed E-state index contributed by atoms with van der Waals surface area (Å²) < 4.78 is 40.9. The normalized spacial score (nSPS) is 15.7. The molecule has 0 bridgehead atoms. The van der Waals surface area contributed by atoms with E-state index in [0.717, 1.165) is 6.07 Å². The molecule has 1 aliphatic heterocycles. The van der Waals surface area contributed by atoms with E-state index < -0.39 is 17.6 Å². The second kappa shape index (κ2) is 8.89. The third-order valence-corrected chi connectivity index (χ3v) is 5.50. The Kier molecular flexibility index (Phi) is 6.55. The van der Waals surface area contributed by atoms with E-state index in [1.165, 1.54) is 36.4 Å². The number of rotatable bonds is 4. The first-order valence-electron chi connectivity index (χ1n) is 9.87. The fraction of sp³-hybridized carbons (Fsp3) is 0.273. The van der Waals surface area contributed by atoms with Gasteiger partial charge in [-0.1, -0.05) is 0 Å². The monoisotopic (exact) mass is 477 g/mol. The van der Waals surface area contributed by atoms with Gasteiger partial charge in [-0.25, -0.2) is 4.98 Å². The van der Waals surface area contributed by atoms with Crippen molar-refractivity contribution >= 4 is 36.7 Å². The number of hydrogen-bond acceptors (Lipinski definition) is 5. The first-order chi connectivity index (χ1) is 15.1. The van der Waals surface area contributed by atoms with Gasteiger partial charge in [-0.2, -0.15) is 31.8 Å². The van der Waals surface area contributed by atoms with Crippen LogP contribution in [0.1, 0.15) is 50.5 Å². The largest absolute Gasteiger partial charge is 0.416 e. The van der Waals surface area contributed by atoms with Gasteiger partial charge in [-0.15, -0.1) is 0 Å². The number of pyridine rings is 1. The maximum atomic E-state index is 13.3. The lowest BCUT2D eigenvalue weighted by atomic mass is 10.0. The van der Waals surface area contributed by atoms with Crippen molar-refractivity contribution in [1.29, 1.82) is 0 Å². The number of amides is 1. The Balaban J connectivity index is 0.00000306. The van der Waals surface area contributed by atoms with Crippen molar-refractivity contribution in [3.63, 3.8) is 0 Å². The number of aryl methyl sites for hydroxylation is 1. The number of anilines is 2. The standard InChI is InChI=1S/C22H20F3N5O2.H2S/c1-12-8-15(5-6-17(12)22(23,24)25)29-11-13(2)30-19(21(29)32)14(10-28-30)9-18(31)16-4-3-7-27-20(16)26;/h3-8,10,13H,9,11H2,1-2H3,(H2,26,27);1H2/t13-;/m0./s1. The molecule has 2 aromatic heterocycles. The summed E-state index contributed by atoms with van der Waals surface area (Å²) in [6.07, 6.45) is -1.63. The smallest absolute Gasteiger partial charge is 0.383 e. The molecule has 1 atom stereocenters. The van der Waals surface area contributed by atoms with Gasteiger partial charge in [-0.3, -0.25) is 14.3 Å². The minimum absolute atomic E-state index is 0. The minimum atomic E-state index is -4.47. The molecule has 0 saturated heterocycles. The summed E-state index contributed by atoms with van der Waals surface area (Å²) in [5.41, 5.74) is 6.32. The van der Waals surface area contributed by atoms with Crippen molar-refractivity contribution in [3.05, 3.63) is 70.7 Å². The number of nitrogens with two attached hydrogens (primary N) is 1. The zero-order valence-corrected chi connectivity index (χ0v) is 18.8. The van der Waals surface area contributed by atoms with Crippen molar-refractivity contribution in [3.8, 4) is 0 Å². The number of ketones is 1. The lowest BCUT2D eigenvalue weighted by Gasteiger charge is -2.32. The van der Waals surface area contributed by atoms with E-state index in [9.17, 15) is 22.8 Å². The number of Topliss-reactive ketones (excluding diaryl/α,β-unsaturated/α-hetero) is 1. The molecule has 4 rings (SSSR count). The average molecular weight is 478 g/mol. The molecule has 3 aromatic rings. The molecule has 1 amide bonds. The Morgan fingerprint density at radius 2 is 2.00 bits per heavy atom. The van der Waals surface area contributed by atoms with E-state index in [4.69, 9.17) is 5.73 Å². The number of fused-ring (bicyclic) bond motifs is 1. The van der Waals surface area contributed by atoms with Gasteiger partial charge < -0.3 is 10.6 Å². The van der Waals surface area contributed by atoms with Crippen LogP contribution in [0.3, 0.4) is 0 Å². The molecular weight excluding hydrogens is 455 g/mol. The first kappa shape index (κ1) is 24.3. The summed E-state index contributed by atoms with van der Waals surface area (Å²) in [6.45, 7) is 3.44. The number of nitrogens with zero attached hydrogens (tertiary/aromatic N) is 4. The van der Waals surface area contributed by atoms with Gasteiger partial charge in [0.1, 0.15) is 11.5 Å². The lowest BCUT2D eigenvalue weighted by molar-refractivity contribution is -0.138. The predicted molar refractivity (Wildman–Crippen MR) is 122 cm³/mol. The number of aromatic nitrogens is 3. The molecule has 0 aliphatic carbocycles. The number of carbonyl (C=O) groups is 2. The van der Waals surface area contributed by atoms with Gasteiger partial charge in [0.15, 0.2) is 5.78 Å². The van der Waals surface area contributed by atoms with Crippen molar-refractivity contribution in [2.45, 2.75) is 32.5 Å². The van der Waals surface area contributed by atoms with E-state index in [2.05, 4.69) is 10.1 Å². The zero-order chi connectivity index (χ0) is 23.2. The Hall–Kier alpha value is -3.34. The maximum absolute atomic E-state index is 13.3. The van der Waals surface area contributed by atoms with Gasteiger partial charge in [0, 0.05) is 30.4 Å². The molecule has 1 aliphatic rings. The Morgan fingerprint density at radius 1 is 1.27 bits per heavy atom. The number of carbonyl (C=O) groups excluding carboxylic acids is 2. The van der Waals surface area contributed by atoms with Crippen LogP contribution in [0.15, 0.2) is 42.7 Å². The molecule has 7 nitrogen and oxygen atoms in total. The number of nitrogen functional groups attached to an aromatic ring is 1. The summed E-state index contributed by atoms with van der Waals surface area (Å²) in [7, 11) is 0. The SMILES string of the molecule is Cc1cc(N2C[C@H](C)n3ncc(CC(=O)c4cccnc4N)c3C2=O)ccc1C(F)(F)F.S. The summed E-state index contributed by atoms with van der Waals surface area (Å²) in [4.78, 5) is 31.4. The van der Waals surface area contributed by atoms with Gasteiger partial charge in [0.2, 0.25) is 0 Å². The second-order valence-electron chi connectivity index (χ2n) is 7.76. The van der Waals surface area contributed by atoms with E-state index in [-0.39, 0.29) is 60.9 Å². The number of benzene rings is 1. The molecular formula is C22H22F3N5O2S. The fourth-order valence-electron chi connectivity index (χ4n) is 3.93. The van der Waals surface area contributed by atoms with Crippen LogP contribution in [-0.4, -0.2) is 33.0 Å². The van der Waals surface area contributed by atoms with Crippen molar-refractivity contribution in [1.82, 2.24) is 14.8 Å². The lowest BCUT2D eigenvalue weighted by Crippen LogP contribution is -2.43. The average Bonchev–Trinajstić information content (AvgIpc) is 3.14. The number of alkyl halides is 3. The molecule has 1 aromatic carbocycles. The minimum Gasteiger partial charge on any atom is -0.383 e. The van der Waals surface area contributed by atoms with Gasteiger partial charge in [-0.05, 0) is 49.7 Å². The summed E-state index contributed by atoms with van der Waals surface area (Å²) in [5.74, 6) is -0.642. The molecule has 174 valence electrons. The zero-order valence-electron chi connectivity index (χ0n) is 17.8. The van der Waals surface area contributed by atoms with Crippen LogP contribution >= 0.6 is 13.5 Å². The topological polar surface area (TPSA) is 94.1 Å². The third kappa shape index (κ3) is 4.45. The van der Waals surface area contributed by atoms with Crippen LogP contribution in [-0.2, 0) is 12.6 Å². The van der Waals surface area contributed by atoms with Crippen LogP contribution in [0.25, 0.3) is 0 Å². The molecule has 0 saturated carbocycles. The van der Waals surface area contributed by atoms with E-state index in [1.807, 2.05) is 6.92 Å². The summed E-state index contributed by atoms with van der Waals surface area (Å²) >= 11 is 0. The van der Waals surface area contributed by atoms with Crippen LogP contribution in [0.5, 0.6) is 0 Å². The Morgan fingerprint density at radius 3 is 2.64 bits per heavy atom. The summed E-state index contributed by atoms with van der Waals surface area (Å²) in [6, 6.07) is 6.53. The van der Waals surface area contributed by atoms with Gasteiger partial charge in [0.05, 0.1) is 23.4 Å². The molecule has 33 heavy (non-hydrogen) atoms. The van der Waals surface area contributed by atoms with Crippen molar-refractivity contribution < 1.29 is 22.8 Å². The predicted octanol–water partition coefficient (Wildman–Crippen LogP) is 3.95. The molecule has 11 heteroatoms. The molecule has 2 N–H and O–H groups in total. The maximum Gasteiger partial charge on any atom is 0.416 e. The Bertz CT molecular complexity index is 1220. The third-order valence-electron chi connectivity index (χ3n) is 5.50. The molecule has 3 heterocycles. The number of halogens is 3. The Labute approximate surface area is 194 Å². The van der Waals surface area contributed by atoms with Crippen LogP contribution < -0.4 is 10.6 Å². The van der Waals surface area contributed by atoms with Crippen LogP contribution in [0.2, 0.25) is 0 Å². The van der Waals surface area contributed by atoms with Crippen LogP contribution in [0.4, 0.5) is 24.7 Å². The highest BCUT2D eigenvalue weighted by Gasteiger charge is 2.36. The van der Waals surface area contributed by atoms with Crippen molar-refractivity contribution in [2.24, 2.45) is 0 Å². The van der Waals surface area contributed by atoms with Gasteiger partial charge in [0.25, 0.3) is 5.91 Å². The summed E-state index contributed by atoms with van der Waals surface area (Å²) in [5, 5.41) is 4.27. The molecule has 0 unspecified atom stereocenters. The van der Waals surface area contributed by atoms with E-state index in [0.29, 0.717) is 11.3 Å². The fourth-order valence-corrected chi connectivity index (χ4v) is 3.93. The molecule has 0 spiro atoms. The van der Waals surface area contributed by atoms with E-state index in [1.54, 1.807) is 16.8 Å². The molecule has 0 fully saturated rings. The van der Waals surface area contributed by atoms with Gasteiger partial charge >= 0.3 is 6.18 Å². The van der Waals surface area contributed by atoms with Crippen molar-refractivity contribution in [2.75, 3.05) is 17.2 Å². The quantitative estimate of drug-likeness (QED) is 0.575.